The van der Waals surface area contributed by atoms with Crippen molar-refractivity contribution in [2.75, 3.05) is 6.16 Å². The third-order valence-electron chi connectivity index (χ3n) is 1.52. The Labute approximate surface area is 147 Å². The van der Waals surface area contributed by atoms with E-state index in [0.717, 1.165) is 12.6 Å². The Bertz CT molecular complexity index is 238. The molecular formula is C8H9Na2PS3. The molecule has 0 aliphatic carbocycles. The molecule has 0 atom stereocenters. The molecule has 0 N–H and O–H groups in total. The van der Waals surface area contributed by atoms with Crippen molar-refractivity contribution in [3.8, 4) is 0 Å². The maximum Gasteiger partial charge on any atom is 1.00 e. The fourth-order valence-corrected chi connectivity index (χ4v) is 2.26. The van der Waals surface area contributed by atoms with Gasteiger partial charge < -0.3 is 41.6 Å². The zero-order valence-corrected chi connectivity index (χ0v) is 15.8. The largest absolute Gasteiger partial charge is 1.00 e. The second-order valence-corrected chi connectivity index (χ2v) is 11.9. The molecule has 0 amide bonds. The maximum absolute atomic E-state index is 5.02. The molecule has 0 saturated heterocycles. The molecule has 0 unspecified atom stereocenters. The summed E-state index contributed by atoms with van der Waals surface area (Å²) in [4.78, 5) is -1.83. The van der Waals surface area contributed by atoms with Crippen LogP contribution in [0.1, 0.15) is 5.56 Å². The molecule has 1 aromatic rings. The fourth-order valence-electron chi connectivity index (χ4n) is 0.911. The van der Waals surface area contributed by atoms with Crippen LogP contribution in [0.5, 0.6) is 0 Å². The molecule has 1 aromatic carbocycles. The molecule has 0 saturated carbocycles. The second-order valence-electron chi connectivity index (χ2n) is 2.57. The van der Waals surface area contributed by atoms with Crippen molar-refractivity contribution >= 4 is 41.6 Å². The van der Waals surface area contributed by atoms with E-state index in [1.54, 1.807) is 0 Å². The van der Waals surface area contributed by atoms with E-state index >= 15 is 0 Å². The van der Waals surface area contributed by atoms with Crippen LogP contribution < -0.4 is 59.1 Å². The number of hydrogen-bond donors (Lipinski definition) is 0. The first kappa shape index (κ1) is 19.0. The van der Waals surface area contributed by atoms with Crippen LogP contribution in [0.15, 0.2) is 30.3 Å². The molecule has 0 aliphatic rings. The molecule has 14 heavy (non-hydrogen) atoms. The molecule has 1 rings (SSSR count). The minimum Gasteiger partial charge on any atom is -0.601 e. The molecule has 0 radical (unpaired) electrons. The standard InChI is InChI=1S/C8H11PS3.2Na/c10-9(11,12)7-6-8-4-2-1-3-5-8;;/h1-5H,6-7H2,(H2,10,11,12);;/q;2*+1/p-2. The van der Waals surface area contributed by atoms with E-state index in [1.165, 1.54) is 5.56 Å². The van der Waals surface area contributed by atoms with Crippen LogP contribution in [0.2, 0.25) is 0 Å². The number of hydrogen-bond acceptors (Lipinski definition) is 3. The summed E-state index contributed by atoms with van der Waals surface area (Å²) in [5.41, 5.74) is 1.28. The monoisotopic (exact) mass is 278 g/mol. The Balaban J connectivity index is 0. The number of rotatable bonds is 3. The summed E-state index contributed by atoms with van der Waals surface area (Å²) in [6.07, 6.45) is 1.75. The Kier molecular flexibility index (Phi) is 13.2. The predicted molar refractivity (Wildman–Crippen MR) is 64.0 cm³/mol. The van der Waals surface area contributed by atoms with E-state index in [-0.39, 0.29) is 59.1 Å². The van der Waals surface area contributed by atoms with Crippen LogP contribution in [-0.2, 0) is 43.2 Å². The van der Waals surface area contributed by atoms with Crippen molar-refractivity contribution < 1.29 is 59.1 Å². The average molecular weight is 278 g/mol. The SMILES string of the molecule is [Na+].[Na+].[S-][P+]([S-])([S-])CCc1ccccc1. The molecule has 0 nitrogen and oxygen atoms in total. The van der Waals surface area contributed by atoms with Crippen molar-refractivity contribution in [2.45, 2.75) is 6.42 Å². The molecule has 6 heteroatoms. The molecule has 0 heterocycles. The van der Waals surface area contributed by atoms with E-state index < -0.39 is 4.87 Å². The fraction of sp³-hybridized carbons (Fsp3) is 0.250. The van der Waals surface area contributed by atoms with Crippen molar-refractivity contribution in [3.05, 3.63) is 35.9 Å². The average Bonchev–Trinajstić information content (AvgIpc) is 2.02. The van der Waals surface area contributed by atoms with Crippen molar-refractivity contribution in [3.63, 3.8) is 0 Å². The van der Waals surface area contributed by atoms with Gasteiger partial charge in [0.2, 0.25) is 0 Å². The summed E-state index contributed by atoms with van der Waals surface area (Å²) in [6, 6.07) is 10.2. The number of aryl methyl sites for hydroxylation is 1. The summed E-state index contributed by atoms with van der Waals surface area (Å²) < 4.78 is 0. The van der Waals surface area contributed by atoms with Crippen molar-refractivity contribution in [2.24, 2.45) is 0 Å². The summed E-state index contributed by atoms with van der Waals surface area (Å²) in [5, 5.41) is 0. The first-order chi connectivity index (χ1) is 5.58. The van der Waals surface area contributed by atoms with E-state index in [9.17, 15) is 0 Å². The maximum atomic E-state index is 5.02. The molecule has 66 valence electrons. The molecule has 0 fully saturated rings. The van der Waals surface area contributed by atoms with Gasteiger partial charge in [-0.3, -0.25) is 0 Å². The first-order valence-corrected chi connectivity index (χ1v) is 8.64. The van der Waals surface area contributed by atoms with Crippen LogP contribution in [0.25, 0.3) is 0 Å². The van der Waals surface area contributed by atoms with Gasteiger partial charge in [-0.25, -0.2) is 0 Å². The third kappa shape index (κ3) is 9.89. The van der Waals surface area contributed by atoms with Gasteiger partial charge in [-0.05, 0) is 5.56 Å². The van der Waals surface area contributed by atoms with Gasteiger partial charge in [-0.1, -0.05) is 30.3 Å². The third-order valence-corrected chi connectivity index (χ3v) is 3.93. The normalized spacial score (nSPS) is 9.93. The Morgan fingerprint density at radius 1 is 0.929 bits per heavy atom. The van der Waals surface area contributed by atoms with E-state index in [0.29, 0.717) is 0 Å². The van der Waals surface area contributed by atoms with Gasteiger partial charge >= 0.3 is 59.1 Å². The molecule has 0 bridgehead atoms. The minimum atomic E-state index is -1.83. The van der Waals surface area contributed by atoms with Gasteiger partial charge in [0.1, 0.15) is 0 Å². The molecule has 0 aliphatic heterocycles. The van der Waals surface area contributed by atoms with Crippen LogP contribution >= 0.6 is 4.87 Å². The summed E-state index contributed by atoms with van der Waals surface area (Å²) in [7, 11) is 0. The van der Waals surface area contributed by atoms with Crippen LogP contribution in [0.4, 0.5) is 0 Å². The zero-order valence-electron chi connectivity index (χ0n) is 8.47. The molecule has 0 aromatic heterocycles. The smallest absolute Gasteiger partial charge is 0.601 e. The molecular weight excluding hydrogens is 269 g/mol. The Morgan fingerprint density at radius 3 is 1.86 bits per heavy atom. The van der Waals surface area contributed by atoms with E-state index in [1.807, 2.05) is 18.2 Å². The van der Waals surface area contributed by atoms with Gasteiger partial charge in [0, 0.05) is 12.6 Å². The summed E-state index contributed by atoms with van der Waals surface area (Å²) >= 11 is 15.1. The van der Waals surface area contributed by atoms with Crippen molar-refractivity contribution in [1.29, 1.82) is 0 Å². The predicted octanol–water partition coefficient (Wildman–Crippen LogP) is -3.36. The van der Waals surface area contributed by atoms with Crippen LogP contribution in [0.3, 0.4) is 0 Å². The second kappa shape index (κ2) is 9.70. The van der Waals surface area contributed by atoms with Gasteiger partial charge in [0.25, 0.3) is 0 Å². The van der Waals surface area contributed by atoms with Crippen molar-refractivity contribution in [1.82, 2.24) is 0 Å². The van der Waals surface area contributed by atoms with Gasteiger partial charge in [0.05, 0.1) is 0 Å². The summed E-state index contributed by atoms with van der Waals surface area (Å²) in [5.74, 6) is 0. The Morgan fingerprint density at radius 2 is 1.43 bits per heavy atom. The summed E-state index contributed by atoms with van der Waals surface area (Å²) in [6.45, 7) is 0. The van der Waals surface area contributed by atoms with E-state index in [4.69, 9.17) is 36.7 Å². The minimum absolute atomic E-state index is 0. The number of benzene rings is 1. The van der Waals surface area contributed by atoms with Crippen LogP contribution in [0, 0.1) is 0 Å². The zero-order chi connectivity index (χ0) is 9.03. The van der Waals surface area contributed by atoms with Crippen LogP contribution in [-0.4, -0.2) is 6.16 Å². The molecule has 0 spiro atoms. The van der Waals surface area contributed by atoms with E-state index in [2.05, 4.69) is 12.1 Å². The topological polar surface area (TPSA) is 0 Å². The van der Waals surface area contributed by atoms with Gasteiger partial charge in [-0.15, -0.1) is 0 Å². The Hall–Kier alpha value is 2.70. The first-order valence-electron chi connectivity index (χ1n) is 3.63. The van der Waals surface area contributed by atoms with Gasteiger partial charge in [-0.2, -0.15) is 0 Å². The van der Waals surface area contributed by atoms with Gasteiger partial charge in [0.15, 0.2) is 0 Å². The quantitative estimate of drug-likeness (QED) is 0.322.